The van der Waals surface area contributed by atoms with E-state index in [1.54, 1.807) is 0 Å². The first-order valence-electron chi connectivity index (χ1n) is 7.30. The molecule has 0 aromatic rings. The molecule has 0 N–H and O–H groups in total. The van der Waals surface area contributed by atoms with E-state index in [4.69, 9.17) is 11.6 Å². The number of hydrogen-bond acceptors (Lipinski definition) is 2. The molecule has 1 rings (SSSR count). The normalized spacial score (nSPS) is 20.6. The molecule has 0 bridgehead atoms. The average molecular weight is 261 g/mol. The van der Waals surface area contributed by atoms with E-state index >= 15 is 0 Å². The molecule has 0 aliphatic carbocycles. The molecule has 1 saturated heterocycles. The van der Waals surface area contributed by atoms with E-state index in [0.29, 0.717) is 0 Å². The SMILES string of the molecule is CCC(C)N1CCN(CCCCCCCl)CC1. The van der Waals surface area contributed by atoms with Crippen LogP contribution in [0.2, 0.25) is 0 Å². The lowest BCUT2D eigenvalue weighted by Crippen LogP contribution is -2.49. The quantitative estimate of drug-likeness (QED) is 0.489. The first-order valence-corrected chi connectivity index (χ1v) is 7.83. The molecule has 0 aromatic heterocycles. The second-order valence-corrected chi connectivity index (χ2v) is 5.62. The lowest BCUT2D eigenvalue weighted by Gasteiger charge is -2.37. The third-order valence-corrected chi connectivity index (χ3v) is 4.25. The summed E-state index contributed by atoms with van der Waals surface area (Å²) in [6, 6.07) is 0.765. The molecule has 17 heavy (non-hydrogen) atoms. The fourth-order valence-electron chi connectivity index (χ4n) is 2.47. The van der Waals surface area contributed by atoms with E-state index < -0.39 is 0 Å². The van der Waals surface area contributed by atoms with Crippen molar-refractivity contribution in [1.82, 2.24) is 9.80 Å². The van der Waals surface area contributed by atoms with Crippen molar-refractivity contribution >= 4 is 11.6 Å². The number of hydrogen-bond donors (Lipinski definition) is 0. The number of nitrogens with zero attached hydrogens (tertiary/aromatic N) is 2. The third kappa shape index (κ3) is 6.08. The Kier molecular flexibility index (Phi) is 8.25. The highest BCUT2D eigenvalue weighted by Crippen LogP contribution is 2.10. The van der Waals surface area contributed by atoms with Crippen molar-refractivity contribution in [3.05, 3.63) is 0 Å². The minimum Gasteiger partial charge on any atom is -0.301 e. The maximum absolute atomic E-state index is 5.67. The lowest BCUT2D eigenvalue weighted by atomic mass is 10.1. The molecule has 1 aliphatic heterocycles. The van der Waals surface area contributed by atoms with Crippen LogP contribution in [-0.2, 0) is 0 Å². The molecule has 3 heteroatoms. The molecule has 0 aromatic carbocycles. The molecule has 0 radical (unpaired) electrons. The van der Waals surface area contributed by atoms with Gasteiger partial charge in [-0.3, -0.25) is 4.90 Å². The summed E-state index contributed by atoms with van der Waals surface area (Å²) < 4.78 is 0. The second-order valence-electron chi connectivity index (χ2n) is 5.24. The van der Waals surface area contributed by atoms with Gasteiger partial charge in [-0.1, -0.05) is 19.8 Å². The van der Waals surface area contributed by atoms with Crippen LogP contribution in [0.5, 0.6) is 0 Å². The lowest BCUT2D eigenvalue weighted by molar-refractivity contribution is 0.0994. The summed E-state index contributed by atoms with van der Waals surface area (Å²) in [5, 5.41) is 0. The van der Waals surface area contributed by atoms with Crippen molar-refractivity contribution in [1.29, 1.82) is 0 Å². The Bertz CT molecular complexity index is 179. The third-order valence-electron chi connectivity index (χ3n) is 3.98. The Morgan fingerprint density at radius 3 is 2.24 bits per heavy atom. The van der Waals surface area contributed by atoms with Crippen molar-refractivity contribution in [2.45, 2.75) is 52.0 Å². The van der Waals surface area contributed by atoms with Crippen LogP contribution in [0.1, 0.15) is 46.0 Å². The van der Waals surface area contributed by atoms with Gasteiger partial charge in [0.15, 0.2) is 0 Å². The Morgan fingerprint density at radius 2 is 1.65 bits per heavy atom. The smallest absolute Gasteiger partial charge is 0.0223 e. The zero-order chi connectivity index (χ0) is 12.5. The molecule has 1 aliphatic rings. The van der Waals surface area contributed by atoms with Crippen LogP contribution in [0.3, 0.4) is 0 Å². The minimum absolute atomic E-state index is 0.765. The number of unbranched alkanes of at least 4 members (excludes halogenated alkanes) is 3. The second kappa shape index (κ2) is 9.18. The molecule has 1 heterocycles. The number of halogens is 1. The molecule has 0 amide bonds. The molecule has 2 nitrogen and oxygen atoms in total. The topological polar surface area (TPSA) is 6.48 Å². The fraction of sp³-hybridized carbons (Fsp3) is 1.00. The van der Waals surface area contributed by atoms with E-state index in [2.05, 4.69) is 23.6 Å². The van der Waals surface area contributed by atoms with Gasteiger partial charge in [-0.2, -0.15) is 0 Å². The van der Waals surface area contributed by atoms with Crippen LogP contribution in [0.25, 0.3) is 0 Å². The molecule has 1 unspecified atom stereocenters. The monoisotopic (exact) mass is 260 g/mol. The maximum Gasteiger partial charge on any atom is 0.0223 e. The molecule has 0 saturated carbocycles. The zero-order valence-corrected chi connectivity index (χ0v) is 12.4. The Labute approximate surface area is 112 Å². The Balaban J connectivity index is 2.03. The average Bonchev–Trinajstić information content (AvgIpc) is 2.38. The van der Waals surface area contributed by atoms with E-state index in [9.17, 15) is 0 Å². The van der Waals surface area contributed by atoms with Gasteiger partial charge in [-0.15, -0.1) is 11.6 Å². The highest BCUT2D eigenvalue weighted by molar-refractivity contribution is 6.17. The van der Waals surface area contributed by atoms with Gasteiger partial charge >= 0.3 is 0 Å². The van der Waals surface area contributed by atoms with Gasteiger partial charge < -0.3 is 4.90 Å². The van der Waals surface area contributed by atoms with E-state index in [-0.39, 0.29) is 0 Å². The highest BCUT2D eigenvalue weighted by atomic mass is 35.5. The van der Waals surface area contributed by atoms with Gasteiger partial charge in [0.25, 0.3) is 0 Å². The van der Waals surface area contributed by atoms with Gasteiger partial charge in [0.1, 0.15) is 0 Å². The van der Waals surface area contributed by atoms with Gasteiger partial charge in [0.05, 0.1) is 0 Å². The van der Waals surface area contributed by atoms with Crippen molar-refractivity contribution in [2.75, 3.05) is 38.6 Å². The van der Waals surface area contributed by atoms with Gasteiger partial charge in [0.2, 0.25) is 0 Å². The highest BCUT2D eigenvalue weighted by Gasteiger charge is 2.19. The van der Waals surface area contributed by atoms with Gasteiger partial charge in [-0.25, -0.2) is 0 Å². The summed E-state index contributed by atoms with van der Waals surface area (Å²) in [6.07, 6.45) is 6.45. The summed E-state index contributed by atoms with van der Waals surface area (Å²) in [5.74, 6) is 0.827. The van der Waals surface area contributed by atoms with Crippen LogP contribution < -0.4 is 0 Å². The summed E-state index contributed by atoms with van der Waals surface area (Å²) >= 11 is 5.67. The van der Waals surface area contributed by atoms with Gasteiger partial charge in [0, 0.05) is 38.1 Å². The standard InChI is InChI=1S/C14H29ClN2/c1-3-14(2)17-12-10-16(11-13-17)9-7-5-4-6-8-15/h14H,3-13H2,1-2H3. The van der Waals surface area contributed by atoms with Gasteiger partial charge in [-0.05, 0) is 32.7 Å². The number of rotatable bonds is 8. The van der Waals surface area contributed by atoms with Crippen molar-refractivity contribution in [3.63, 3.8) is 0 Å². The minimum atomic E-state index is 0.765. The maximum atomic E-state index is 5.67. The van der Waals surface area contributed by atoms with Crippen LogP contribution in [0, 0.1) is 0 Å². The molecule has 1 atom stereocenters. The summed E-state index contributed by atoms with van der Waals surface area (Å²) in [4.78, 5) is 5.25. The molecular formula is C14H29ClN2. The van der Waals surface area contributed by atoms with E-state index in [1.807, 2.05) is 0 Å². The van der Waals surface area contributed by atoms with Crippen molar-refractivity contribution < 1.29 is 0 Å². The summed E-state index contributed by atoms with van der Waals surface area (Å²) in [7, 11) is 0. The van der Waals surface area contributed by atoms with Crippen molar-refractivity contribution in [3.8, 4) is 0 Å². The van der Waals surface area contributed by atoms with Crippen LogP contribution in [0.15, 0.2) is 0 Å². The van der Waals surface area contributed by atoms with Crippen LogP contribution in [-0.4, -0.2) is 54.4 Å². The largest absolute Gasteiger partial charge is 0.301 e. The predicted octanol–water partition coefficient (Wildman–Crippen LogP) is 3.20. The molecule has 1 fully saturated rings. The first-order chi connectivity index (χ1) is 8.27. The van der Waals surface area contributed by atoms with Crippen LogP contribution >= 0.6 is 11.6 Å². The first kappa shape index (κ1) is 15.3. The number of alkyl halides is 1. The number of piperazine rings is 1. The summed E-state index contributed by atoms with van der Waals surface area (Å²) in [5.41, 5.74) is 0. The fourth-order valence-corrected chi connectivity index (χ4v) is 2.66. The van der Waals surface area contributed by atoms with E-state index in [1.165, 1.54) is 64.8 Å². The predicted molar refractivity (Wildman–Crippen MR) is 77.0 cm³/mol. The van der Waals surface area contributed by atoms with Crippen LogP contribution in [0.4, 0.5) is 0 Å². The Morgan fingerprint density at radius 1 is 1.00 bits per heavy atom. The molecular weight excluding hydrogens is 232 g/mol. The molecule has 102 valence electrons. The zero-order valence-electron chi connectivity index (χ0n) is 11.6. The van der Waals surface area contributed by atoms with E-state index in [0.717, 1.165) is 11.9 Å². The summed E-state index contributed by atoms with van der Waals surface area (Å²) in [6.45, 7) is 11.0. The Hall–Kier alpha value is 0.210. The molecule has 0 spiro atoms. The van der Waals surface area contributed by atoms with Crippen molar-refractivity contribution in [2.24, 2.45) is 0 Å².